The van der Waals surface area contributed by atoms with E-state index in [0.717, 1.165) is 0 Å². The summed E-state index contributed by atoms with van der Waals surface area (Å²) in [5, 5.41) is 3.72. The topological polar surface area (TPSA) is 93.0 Å². The fourth-order valence-corrected chi connectivity index (χ4v) is 5.05. The van der Waals surface area contributed by atoms with Gasteiger partial charge in [-0.15, -0.1) is 0 Å². The summed E-state index contributed by atoms with van der Waals surface area (Å²) in [5.41, 5.74) is 0.376. The van der Waals surface area contributed by atoms with Crippen molar-refractivity contribution in [2.45, 2.75) is 50.7 Å². The van der Waals surface area contributed by atoms with Crippen LogP contribution in [0, 0.1) is 13.8 Å². The number of piperidine rings is 1. The first-order valence-electron chi connectivity index (χ1n) is 7.71. The Bertz CT molecular complexity index is 686. The molecule has 128 valence electrons. The first kappa shape index (κ1) is 16.3. The lowest BCUT2D eigenvalue weighted by atomic mass is 10.1. The number of cyclic esters (lactones) is 1. The van der Waals surface area contributed by atoms with E-state index in [1.54, 1.807) is 18.7 Å². The second-order valence-corrected chi connectivity index (χ2v) is 8.01. The predicted octanol–water partition coefficient (Wildman–Crippen LogP) is 1.29. The van der Waals surface area contributed by atoms with Gasteiger partial charge in [-0.25, -0.2) is 13.2 Å². The summed E-state index contributed by atoms with van der Waals surface area (Å²) < 4.78 is 37.1. The molecule has 1 aromatic rings. The molecule has 2 aliphatic heterocycles. The minimum absolute atomic E-state index is 0.0311. The van der Waals surface area contributed by atoms with Crippen LogP contribution in [0.15, 0.2) is 9.42 Å². The summed E-state index contributed by atoms with van der Waals surface area (Å²) in [4.78, 5) is 13.7. The largest absolute Gasteiger partial charge is 0.444 e. The smallest absolute Gasteiger partial charge is 0.410 e. The second-order valence-electron chi connectivity index (χ2n) is 6.14. The van der Waals surface area contributed by atoms with Gasteiger partial charge in [-0.05, 0) is 33.6 Å². The van der Waals surface area contributed by atoms with E-state index in [2.05, 4.69) is 5.16 Å². The number of nitrogens with zero attached hydrogens (tertiary/aromatic N) is 3. The van der Waals surface area contributed by atoms with E-state index < -0.39 is 10.0 Å². The number of aromatic nitrogens is 1. The van der Waals surface area contributed by atoms with Gasteiger partial charge in [-0.1, -0.05) is 5.16 Å². The van der Waals surface area contributed by atoms with Crippen molar-refractivity contribution < 1.29 is 22.5 Å². The molecule has 2 saturated heterocycles. The number of carbonyl (C=O) groups is 1. The maximum Gasteiger partial charge on any atom is 0.410 e. The standard InChI is InChI=1S/C14H21N3O5S/c1-9-8-17(14(18)21-9)12-4-6-16(7-5-12)23(19,20)13-10(2)15-22-11(13)3/h9,12H,4-8H2,1-3H3. The molecule has 8 nitrogen and oxygen atoms in total. The number of carbonyl (C=O) groups excluding carboxylic acids is 1. The molecule has 3 rings (SSSR count). The van der Waals surface area contributed by atoms with E-state index in [1.165, 1.54) is 4.31 Å². The molecule has 1 atom stereocenters. The highest BCUT2D eigenvalue weighted by Crippen LogP contribution is 2.28. The van der Waals surface area contributed by atoms with Gasteiger partial charge < -0.3 is 14.2 Å². The molecule has 1 amide bonds. The highest BCUT2D eigenvalue weighted by Gasteiger charge is 2.39. The Morgan fingerprint density at radius 1 is 1.22 bits per heavy atom. The lowest BCUT2D eigenvalue weighted by Crippen LogP contribution is -2.47. The highest BCUT2D eigenvalue weighted by molar-refractivity contribution is 7.89. The fraction of sp³-hybridized carbons (Fsp3) is 0.714. The van der Waals surface area contributed by atoms with Crippen molar-refractivity contribution >= 4 is 16.1 Å². The summed E-state index contributed by atoms with van der Waals surface area (Å²) in [6.07, 6.45) is 0.797. The summed E-state index contributed by atoms with van der Waals surface area (Å²) in [6.45, 7) is 6.39. The van der Waals surface area contributed by atoms with Crippen LogP contribution in [0.4, 0.5) is 4.79 Å². The zero-order valence-electron chi connectivity index (χ0n) is 13.5. The lowest BCUT2D eigenvalue weighted by Gasteiger charge is -2.34. The van der Waals surface area contributed by atoms with Crippen molar-refractivity contribution in [1.29, 1.82) is 0 Å². The maximum atomic E-state index is 12.8. The quantitative estimate of drug-likeness (QED) is 0.821. The molecule has 0 aromatic carbocycles. The van der Waals surface area contributed by atoms with E-state index in [0.29, 0.717) is 43.9 Å². The number of sulfonamides is 1. The van der Waals surface area contributed by atoms with E-state index >= 15 is 0 Å². The summed E-state index contributed by atoms with van der Waals surface area (Å²) in [5.74, 6) is 0.307. The fourth-order valence-electron chi connectivity index (χ4n) is 3.29. The molecular formula is C14H21N3O5S. The number of rotatable bonds is 3. The van der Waals surface area contributed by atoms with Gasteiger partial charge >= 0.3 is 6.09 Å². The molecule has 3 heterocycles. The highest BCUT2D eigenvalue weighted by atomic mass is 32.2. The number of hydrogen-bond acceptors (Lipinski definition) is 6. The molecule has 2 aliphatic rings. The Balaban J connectivity index is 1.71. The van der Waals surface area contributed by atoms with Gasteiger partial charge in [0.1, 0.15) is 16.7 Å². The van der Waals surface area contributed by atoms with Crippen molar-refractivity contribution in [3.63, 3.8) is 0 Å². The van der Waals surface area contributed by atoms with Crippen LogP contribution >= 0.6 is 0 Å². The Hall–Kier alpha value is -1.61. The second kappa shape index (κ2) is 5.79. The normalized spacial score (nSPS) is 24.2. The van der Waals surface area contributed by atoms with Crippen molar-refractivity contribution in [2.24, 2.45) is 0 Å². The van der Waals surface area contributed by atoms with Crippen LogP contribution in [0.1, 0.15) is 31.2 Å². The number of hydrogen-bond donors (Lipinski definition) is 0. The van der Waals surface area contributed by atoms with Crippen LogP contribution in [-0.2, 0) is 14.8 Å². The van der Waals surface area contributed by atoms with Gasteiger partial charge in [0.25, 0.3) is 0 Å². The van der Waals surface area contributed by atoms with Crippen LogP contribution < -0.4 is 0 Å². The molecule has 23 heavy (non-hydrogen) atoms. The molecule has 9 heteroatoms. The monoisotopic (exact) mass is 343 g/mol. The van der Waals surface area contributed by atoms with E-state index in [1.807, 2.05) is 6.92 Å². The molecule has 0 N–H and O–H groups in total. The SMILES string of the molecule is Cc1noc(C)c1S(=O)(=O)N1CCC(N2CC(C)OC2=O)CC1. The third-order valence-corrected chi connectivity index (χ3v) is 6.56. The summed E-state index contributed by atoms with van der Waals surface area (Å²) in [7, 11) is -3.61. The van der Waals surface area contributed by atoms with Gasteiger partial charge in [-0.3, -0.25) is 0 Å². The Morgan fingerprint density at radius 3 is 2.35 bits per heavy atom. The minimum Gasteiger partial charge on any atom is -0.444 e. The van der Waals surface area contributed by atoms with Crippen molar-refractivity contribution in [2.75, 3.05) is 19.6 Å². The molecule has 2 fully saturated rings. The molecule has 0 radical (unpaired) electrons. The van der Waals surface area contributed by atoms with Gasteiger partial charge in [0, 0.05) is 19.1 Å². The Labute approximate surface area is 135 Å². The van der Waals surface area contributed by atoms with Crippen molar-refractivity contribution in [3.05, 3.63) is 11.5 Å². The van der Waals surface area contributed by atoms with Gasteiger partial charge in [0.2, 0.25) is 10.0 Å². The van der Waals surface area contributed by atoms with E-state index in [-0.39, 0.29) is 23.1 Å². The molecule has 1 aromatic heterocycles. The zero-order chi connectivity index (χ0) is 16.8. The average Bonchev–Trinajstić information content (AvgIpc) is 3.01. The zero-order valence-corrected chi connectivity index (χ0v) is 14.3. The first-order valence-corrected chi connectivity index (χ1v) is 9.15. The average molecular weight is 343 g/mol. The van der Waals surface area contributed by atoms with Crippen LogP contribution in [0.25, 0.3) is 0 Å². The van der Waals surface area contributed by atoms with Gasteiger partial charge in [-0.2, -0.15) is 4.31 Å². The van der Waals surface area contributed by atoms with Crippen molar-refractivity contribution in [3.8, 4) is 0 Å². The Kier molecular flexibility index (Phi) is 4.09. The summed E-state index contributed by atoms with van der Waals surface area (Å²) in [6, 6.07) is 0.0311. The molecule has 1 unspecified atom stereocenters. The van der Waals surface area contributed by atoms with Crippen LogP contribution in [0.2, 0.25) is 0 Å². The van der Waals surface area contributed by atoms with Crippen LogP contribution in [0.3, 0.4) is 0 Å². The van der Waals surface area contributed by atoms with Gasteiger partial charge in [0.15, 0.2) is 5.76 Å². The van der Waals surface area contributed by atoms with Crippen molar-refractivity contribution in [1.82, 2.24) is 14.4 Å². The van der Waals surface area contributed by atoms with Gasteiger partial charge in [0.05, 0.1) is 6.54 Å². The van der Waals surface area contributed by atoms with Crippen LogP contribution in [0.5, 0.6) is 0 Å². The third kappa shape index (κ3) is 2.83. The first-order chi connectivity index (χ1) is 10.8. The summed E-state index contributed by atoms with van der Waals surface area (Å²) >= 11 is 0. The minimum atomic E-state index is -3.61. The van der Waals surface area contributed by atoms with E-state index in [4.69, 9.17) is 9.26 Å². The predicted molar refractivity (Wildman–Crippen MR) is 80.4 cm³/mol. The molecule has 0 bridgehead atoms. The molecule has 0 saturated carbocycles. The van der Waals surface area contributed by atoms with E-state index in [9.17, 15) is 13.2 Å². The van der Waals surface area contributed by atoms with Crippen LogP contribution in [-0.4, -0.2) is 60.7 Å². The lowest BCUT2D eigenvalue weighted by molar-refractivity contribution is 0.124. The molecular weight excluding hydrogens is 322 g/mol. The Morgan fingerprint density at radius 2 is 1.87 bits per heavy atom. The number of ether oxygens (including phenoxy) is 1. The molecule has 0 spiro atoms. The number of amides is 1. The maximum absolute atomic E-state index is 12.8. The number of aryl methyl sites for hydroxylation is 2. The third-order valence-electron chi connectivity index (χ3n) is 4.42. The molecule has 0 aliphatic carbocycles.